The molecule has 0 radical (unpaired) electrons. The fraction of sp³-hybridized carbons (Fsp3) is 0.636. The summed E-state index contributed by atoms with van der Waals surface area (Å²) in [6, 6.07) is 4.69. The molecule has 1 aromatic rings. The van der Waals surface area contributed by atoms with Gasteiger partial charge in [-0.05, 0) is 18.4 Å². The fourth-order valence-electron chi connectivity index (χ4n) is 1.08. The Kier molecular flexibility index (Phi) is 5.15. The van der Waals surface area contributed by atoms with E-state index in [1.54, 1.807) is 11.3 Å². The van der Waals surface area contributed by atoms with Gasteiger partial charge in [-0.15, -0.1) is 11.3 Å². The van der Waals surface area contributed by atoms with Crippen molar-refractivity contribution in [1.82, 2.24) is 5.32 Å². The molecule has 1 aromatic heterocycles. The van der Waals surface area contributed by atoms with Crippen LogP contribution in [0.15, 0.2) is 17.5 Å². The molecular weight excluding hydrogens is 194 g/mol. The molecule has 1 heterocycles. The largest absolute Gasteiger partial charge is 0.372 e. The highest BCUT2D eigenvalue weighted by Crippen LogP contribution is 2.10. The molecule has 0 aromatic carbocycles. The molecule has 2 nitrogen and oxygen atoms in total. The molecule has 0 aliphatic rings. The third-order valence-corrected chi connectivity index (χ3v) is 2.75. The molecule has 0 spiro atoms. The van der Waals surface area contributed by atoms with Gasteiger partial charge in [0.2, 0.25) is 0 Å². The fourth-order valence-corrected chi connectivity index (χ4v) is 1.70. The first-order chi connectivity index (χ1) is 6.68. The summed E-state index contributed by atoms with van der Waals surface area (Å²) in [5.41, 5.74) is 0. The zero-order chi connectivity index (χ0) is 10.4. The normalized spacial score (nSPS) is 13.4. The summed E-state index contributed by atoms with van der Waals surface area (Å²) in [4.78, 5) is 1.29. The second-order valence-corrected chi connectivity index (χ2v) is 4.80. The van der Waals surface area contributed by atoms with Crippen LogP contribution in [-0.2, 0) is 11.3 Å². The number of hydrogen-bond acceptors (Lipinski definition) is 3. The van der Waals surface area contributed by atoms with Gasteiger partial charge < -0.3 is 10.1 Å². The van der Waals surface area contributed by atoms with E-state index in [0.717, 1.165) is 13.2 Å². The lowest BCUT2D eigenvalue weighted by Gasteiger charge is -2.15. The average molecular weight is 213 g/mol. The van der Waals surface area contributed by atoms with Crippen LogP contribution in [0.4, 0.5) is 0 Å². The van der Waals surface area contributed by atoms with Crippen LogP contribution in [0.5, 0.6) is 0 Å². The summed E-state index contributed by atoms with van der Waals surface area (Å²) in [5.74, 6) is 0. The third kappa shape index (κ3) is 4.74. The van der Waals surface area contributed by atoms with Gasteiger partial charge in [-0.1, -0.05) is 19.9 Å². The quantitative estimate of drug-likeness (QED) is 0.784. The van der Waals surface area contributed by atoms with Crippen molar-refractivity contribution in [2.24, 2.45) is 0 Å². The van der Waals surface area contributed by atoms with Crippen molar-refractivity contribution in [3.05, 3.63) is 22.4 Å². The van der Waals surface area contributed by atoms with E-state index in [9.17, 15) is 0 Å². The van der Waals surface area contributed by atoms with Crippen LogP contribution in [0.25, 0.3) is 0 Å². The third-order valence-electron chi connectivity index (χ3n) is 1.90. The molecule has 1 unspecified atom stereocenters. The van der Waals surface area contributed by atoms with Crippen molar-refractivity contribution in [3.63, 3.8) is 0 Å². The Hall–Kier alpha value is -0.380. The van der Waals surface area contributed by atoms with Crippen molar-refractivity contribution in [3.8, 4) is 0 Å². The Morgan fingerprint density at radius 1 is 1.43 bits per heavy atom. The minimum Gasteiger partial charge on any atom is -0.372 e. The Morgan fingerprint density at radius 3 is 2.79 bits per heavy atom. The van der Waals surface area contributed by atoms with Crippen molar-refractivity contribution >= 4 is 11.3 Å². The lowest BCUT2D eigenvalue weighted by molar-refractivity contribution is 0.0536. The first-order valence-electron chi connectivity index (χ1n) is 5.06. The zero-order valence-corrected chi connectivity index (χ0v) is 9.93. The maximum Gasteiger partial charge on any atom is 0.0813 e. The molecule has 0 saturated carbocycles. The summed E-state index contributed by atoms with van der Waals surface area (Å²) in [7, 11) is 0. The standard InChI is InChI=1S/C11H19NOS/c1-9(2)12-7-10(3)13-8-11-5-4-6-14-11/h4-6,9-10,12H,7-8H2,1-3H3. The number of hydrogen-bond donors (Lipinski definition) is 1. The minimum absolute atomic E-state index is 0.277. The van der Waals surface area contributed by atoms with Crippen LogP contribution in [0.2, 0.25) is 0 Å². The summed E-state index contributed by atoms with van der Waals surface area (Å²) >= 11 is 1.74. The van der Waals surface area contributed by atoms with Gasteiger partial charge in [-0.2, -0.15) is 0 Å². The van der Waals surface area contributed by atoms with Gasteiger partial charge >= 0.3 is 0 Å². The minimum atomic E-state index is 0.277. The molecule has 0 saturated heterocycles. The molecular formula is C11H19NOS. The number of nitrogens with one attached hydrogen (secondary N) is 1. The molecule has 1 rings (SSSR count). The maximum atomic E-state index is 5.68. The number of thiophene rings is 1. The zero-order valence-electron chi connectivity index (χ0n) is 9.12. The summed E-state index contributed by atoms with van der Waals surface area (Å²) in [6.07, 6.45) is 0.277. The van der Waals surface area contributed by atoms with Crippen molar-refractivity contribution < 1.29 is 4.74 Å². The van der Waals surface area contributed by atoms with Crippen LogP contribution in [0.3, 0.4) is 0 Å². The highest BCUT2D eigenvalue weighted by Gasteiger charge is 2.03. The van der Waals surface area contributed by atoms with Crippen molar-refractivity contribution in [1.29, 1.82) is 0 Å². The lowest BCUT2D eigenvalue weighted by Crippen LogP contribution is -2.31. The van der Waals surface area contributed by atoms with Crippen LogP contribution in [-0.4, -0.2) is 18.7 Å². The maximum absolute atomic E-state index is 5.68. The van der Waals surface area contributed by atoms with Gasteiger partial charge in [0, 0.05) is 17.5 Å². The van der Waals surface area contributed by atoms with Gasteiger partial charge in [0.25, 0.3) is 0 Å². The predicted molar refractivity (Wildman–Crippen MR) is 61.7 cm³/mol. The molecule has 0 fully saturated rings. The monoisotopic (exact) mass is 213 g/mol. The first-order valence-corrected chi connectivity index (χ1v) is 5.94. The van der Waals surface area contributed by atoms with E-state index in [2.05, 4.69) is 43.6 Å². The highest BCUT2D eigenvalue weighted by molar-refractivity contribution is 7.09. The van der Waals surface area contributed by atoms with Crippen LogP contribution >= 0.6 is 11.3 Å². The second-order valence-electron chi connectivity index (χ2n) is 3.76. The highest BCUT2D eigenvalue weighted by atomic mass is 32.1. The molecule has 14 heavy (non-hydrogen) atoms. The van der Waals surface area contributed by atoms with Gasteiger partial charge in [0.15, 0.2) is 0 Å². The summed E-state index contributed by atoms with van der Waals surface area (Å²) in [5, 5.41) is 5.43. The van der Waals surface area contributed by atoms with Gasteiger partial charge in [-0.3, -0.25) is 0 Å². The average Bonchev–Trinajstić information content (AvgIpc) is 2.63. The van der Waals surface area contributed by atoms with Crippen LogP contribution < -0.4 is 5.32 Å². The molecule has 1 N–H and O–H groups in total. The second kappa shape index (κ2) is 6.17. The van der Waals surface area contributed by atoms with Crippen LogP contribution in [0, 0.1) is 0 Å². The van der Waals surface area contributed by atoms with Crippen molar-refractivity contribution in [2.75, 3.05) is 6.54 Å². The SMILES string of the molecule is CC(C)NCC(C)OCc1cccs1. The van der Waals surface area contributed by atoms with Gasteiger partial charge in [0.1, 0.15) is 0 Å². The predicted octanol–water partition coefficient (Wildman–Crippen LogP) is 2.65. The Balaban J connectivity index is 2.12. The summed E-state index contributed by atoms with van der Waals surface area (Å²) in [6.45, 7) is 8.04. The van der Waals surface area contributed by atoms with Crippen LogP contribution in [0.1, 0.15) is 25.6 Å². The molecule has 3 heteroatoms. The van der Waals surface area contributed by atoms with E-state index in [0.29, 0.717) is 6.04 Å². The first kappa shape index (κ1) is 11.7. The summed E-state index contributed by atoms with van der Waals surface area (Å²) < 4.78 is 5.68. The van der Waals surface area contributed by atoms with E-state index in [-0.39, 0.29) is 6.10 Å². The van der Waals surface area contributed by atoms with E-state index in [1.807, 2.05) is 0 Å². The molecule has 80 valence electrons. The molecule has 1 atom stereocenters. The molecule has 0 aliphatic carbocycles. The number of ether oxygens (including phenoxy) is 1. The topological polar surface area (TPSA) is 21.3 Å². The Labute approximate surface area is 90.3 Å². The van der Waals surface area contributed by atoms with E-state index >= 15 is 0 Å². The van der Waals surface area contributed by atoms with E-state index in [1.165, 1.54) is 4.88 Å². The molecule has 0 bridgehead atoms. The molecule has 0 amide bonds. The number of rotatable bonds is 6. The lowest BCUT2D eigenvalue weighted by atomic mass is 10.3. The Bertz CT molecular complexity index is 233. The van der Waals surface area contributed by atoms with Gasteiger partial charge in [0.05, 0.1) is 12.7 Å². The van der Waals surface area contributed by atoms with E-state index < -0.39 is 0 Å². The smallest absolute Gasteiger partial charge is 0.0813 e. The van der Waals surface area contributed by atoms with Gasteiger partial charge in [-0.25, -0.2) is 0 Å². The van der Waals surface area contributed by atoms with E-state index in [4.69, 9.17) is 4.74 Å². The van der Waals surface area contributed by atoms with Crippen molar-refractivity contribution in [2.45, 2.75) is 39.5 Å². The Morgan fingerprint density at radius 2 is 2.21 bits per heavy atom. The molecule has 0 aliphatic heterocycles.